The predicted molar refractivity (Wildman–Crippen MR) is 94.4 cm³/mol. The summed E-state index contributed by atoms with van der Waals surface area (Å²) in [5, 5.41) is 21.8. The van der Waals surface area contributed by atoms with E-state index in [9.17, 15) is 28.4 Å². The van der Waals surface area contributed by atoms with Gasteiger partial charge in [-0.05, 0) is 30.5 Å². The Morgan fingerprint density at radius 3 is 2.54 bits per heavy atom. The molecule has 1 fully saturated rings. The highest BCUT2D eigenvalue weighted by atomic mass is 35.5. The minimum Gasteiger partial charge on any atom is -0.406 e. The molecule has 150 valence electrons. The lowest BCUT2D eigenvalue weighted by molar-refractivity contribution is -0.385. The van der Waals surface area contributed by atoms with E-state index in [-0.39, 0.29) is 23.6 Å². The summed E-state index contributed by atoms with van der Waals surface area (Å²) in [6, 6.07) is 6.45. The highest BCUT2D eigenvalue weighted by Gasteiger charge is 2.36. The normalized spacial score (nSPS) is 16.7. The summed E-state index contributed by atoms with van der Waals surface area (Å²) in [6.07, 6.45) is -3.31. The molecule has 7 nitrogen and oxygen atoms in total. The van der Waals surface area contributed by atoms with Crippen molar-refractivity contribution in [2.24, 2.45) is 0 Å². The fourth-order valence-corrected chi connectivity index (χ4v) is 3.39. The average molecular weight is 418 g/mol. The third-order valence-electron chi connectivity index (χ3n) is 4.51. The van der Waals surface area contributed by atoms with Crippen molar-refractivity contribution in [1.29, 1.82) is 0 Å². The molecule has 1 saturated heterocycles. The van der Waals surface area contributed by atoms with Gasteiger partial charge in [0.05, 0.1) is 15.5 Å². The Morgan fingerprint density at radius 2 is 1.96 bits per heavy atom. The van der Waals surface area contributed by atoms with Crippen LogP contribution in [0.5, 0.6) is 5.75 Å². The third kappa shape index (κ3) is 4.45. The van der Waals surface area contributed by atoms with Crippen LogP contribution >= 0.6 is 11.6 Å². The van der Waals surface area contributed by atoms with Crippen LogP contribution in [0.25, 0.3) is 0 Å². The van der Waals surface area contributed by atoms with Crippen LogP contribution in [0.2, 0.25) is 5.02 Å². The first-order valence-corrected chi connectivity index (χ1v) is 8.59. The first-order chi connectivity index (χ1) is 13.1. The molecule has 0 radical (unpaired) electrons. The van der Waals surface area contributed by atoms with Gasteiger partial charge in [-0.25, -0.2) is 4.98 Å². The molecule has 0 amide bonds. The molecule has 2 aromatic rings. The fourth-order valence-electron chi connectivity index (χ4n) is 3.11. The number of piperidine rings is 1. The maximum atomic E-state index is 12.4. The highest BCUT2D eigenvalue weighted by molar-refractivity contribution is 6.33. The van der Waals surface area contributed by atoms with Crippen molar-refractivity contribution in [3.05, 3.63) is 57.2 Å². The van der Waals surface area contributed by atoms with E-state index < -0.39 is 22.6 Å². The van der Waals surface area contributed by atoms with Gasteiger partial charge in [0.25, 0.3) is 5.69 Å². The molecule has 0 unspecified atom stereocenters. The van der Waals surface area contributed by atoms with Crippen LogP contribution in [0.3, 0.4) is 0 Å². The van der Waals surface area contributed by atoms with Crippen molar-refractivity contribution in [2.75, 3.05) is 18.0 Å². The van der Waals surface area contributed by atoms with E-state index in [1.165, 1.54) is 24.3 Å². The van der Waals surface area contributed by atoms with Gasteiger partial charge in [0.1, 0.15) is 17.8 Å². The lowest BCUT2D eigenvalue weighted by Crippen LogP contribution is -2.43. The summed E-state index contributed by atoms with van der Waals surface area (Å²) in [7, 11) is 0. The highest BCUT2D eigenvalue weighted by Crippen LogP contribution is 2.38. The van der Waals surface area contributed by atoms with Crippen LogP contribution in [0.4, 0.5) is 24.7 Å². The van der Waals surface area contributed by atoms with E-state index in [1.807, 2.05) is 0 Å². The smallest absolute Gasteiger partial charge is 0.406 e. The Hall–Kier alpha value is -2.59. The Kier molecular flexibility index (Phi) is 5.35. The summed E-state index contributed by atoms with van der Waals surface area (Å²) < 4.78 is 41.1. The molecule has 0 spiro atoms. The summed E-state index contributed by atoms with van der Waals surface area (Å²) in [4.78, 5) is 16.0. The Balaban J connectivity index is 1.74. The van der Waals surface area contributed by atoms with E-state index in [4.69, 9.17) is 11.6 Å². The topological polar surface area (TPSA) is 88.7 Å². The molecular weight excluding hydrogens is 403 g/mol. The fraction of sp³-hybridized carbons (Fsp3) is 0.353. The zero-order valence-electron chi connectivity index (χ0n) is 14.3. The van der Waals surface area contributed by atoms with Crippen LogP contribution in [0, 0.1) is 10.1 Å². The predicted octanol–water partition coefficient (Wildman–Crippen LogP) is 4.03. The summed E-state index contributed by atoms with van der Waals surface area (Å²) in [6.45, 7) is 0.622. The summed E-state index contributed by atoms with van der Waals surface area (Å²) >= 11 is 6.08. The van der Waals surface area contributed by atoms with E-state index >= 15 is 0 Å². The quantitative estimate of drug-likeness (QED) is 0.597. The molecule has 0 aliphatic carbocycles. The van der Waals surface area contributed by atoms with Crippen molar-refractivity contribution in [3.63, 3.8) is 0 Å². The standard InChI is InChI=1S/C17H15ClF3N3O4/c18-14-9-12(24(26)27)10-22-15(14)23-6-4-16(25,5-7-23)11-2-1-3-13(8-11)28-17(19,20)21/h1-3,8-10,25H,4-7H2. The third-order valence-corrected chi connectivity index (χ3v) is 4.79. The zero-order valence-corrected chi connectivity index (χ0v) is 15.1. The van der Waals surface area contributed by atoms with Gasteiger partial charge in [0.15, 0.2) is 0 Å². The van der Waals surface area contributed by atoms with Crippen LogP contribution in [0.15, 0.2) is 36.5 Å². The number of pyridine rings is 1. The number of anilines is 1. The molecule has 1 aromatic carbocycles. The van der Waals surface area contributed by atoms with Gasteiger partial charge < -0.3 is 14.7 Å². The maximum Gasteiger partial charge on any atom is 0.573 e. The molecular formula is C17H15ClF3N3O4. The number of ether oxygens (including phenoxy) is 1. The molecule has 0 atom stereocenters. The second-order valence-corrected chi connectivity index (χ2v) is 6.76. The van der Waals surface area contributed by atoms with Gasteiger partial charge in [-0.15, -0.1) is 13.2 Å². The number of alkyl halides is 3. The first-order valence-electron chi connectivity index (χ1n) is 8.21. The minimum atomic E-state index is -4.82. The number of hydrogen-bond donors (Lipinski definition) is 1. The number of aromatic nitrogens is 1. The number of benzene rings is 1. The number of nitro groups is 1. The molecule has 1 aromatic heterocycles. The van der Waals surface area contributed by atoms with Crippen molar-refractivity contribution < 1.29 is 27.9 Å². The monoisotopic (exact) mass is 417 g/mol. The van der Waals surface area contributed by atoms with Gasteiger partial charge in [-0.3, -0.25) is 10.1 Å². The second-order valence-electron chi connectivity index (χ2n) is 6.35. The van der Waals surface area contributed by atoms with E-state index in [0.29, 0.717) is 24.5 Å². The lowest BCUT2D eigenvalue weighted by Gasteiger charge is -2.39. The largest absolute Gasteiger partial charge is 0.573 e. The van der Waals surface area contributed by atoms with Gasteiger partial charge >= 0.3 is 6.36 Å². The Bertz CT molecular complexity index is 886. The van der Waals surface area contributed by atoms with Crippen LogP contribution in [-0.2, 0) is 5.60 Å². The number of rotatable bonds is 4. The van der Waals surface area contributed by atoms with Gasteiger partial charge in [0.2, 0.25) is 0 Å². The van der Waals surface area contributed by atoms with Crippen LogP contribution < -0.4 is 9.64 Å². The van der Waals surface area contributed by atoms with Gasteiger partial charge in [-0.1, -0.05) is 23.7 Å². The maximum absolute atomic E-state index is 12.4. The van der Waals surface area contributed by atoms with Crippen LogP contribution in [-0.4, -0.2) is 34.5 Å². The van der Waals surface area contributed by atoms with E-state index in [0.717, 1.165) is 12.3 Å². The molecule has 1 aliphatic heterocycles. The zero-order chi connectivity index (χ0) is 20.5. The van der Waals surface area contributed by atoms with Crippen molar-refractivity contribution >= 4 is 23.1 Å². The second kappa shape index (κ2) is 7.44. The number of nitrogens with zero attached hydrogens (tertiary/aromatic N) is 3. The summed E-state index contributed by atoms with van der Waals surface area (Å²) in [5.74, 6) is -0.0515. The number of hydrogen-bond acceptors (Lipinski definition) is 6. The molecule has 0 saturated carbocycles. The number of halogens is 4. The number of aliphatic hydroxyl groups is 1. The molecule has 2 heterocycles. The van der Waals surface area contributed by atoms with Gasteiger partial charge in [-0.2, -0.15) is 0 Å². The lowest BCUT2D eigenvalue weighted by atomic mass is 9.84. The molecule has 28 heavy (non-hydrogen) atoms. The Labute approximate surface area is 162 Å². The van der Waals surface area contributed by atoms with Crippen molar-refractivity contribution in [1.82, 2.24) is 4.98 Å². The van der Waals surface area contributed by atoms with E-state index in [1.54, 1.807) is 4.90 Å². The van der Waals surface area contributed by atoms with E-state index in [2.05, 4.69) is 9.72 Å². The minimum absolute atomic E-state index is 0.111. The van der Waals surface area contributed by atoms with Crippen molar-refractivity contribution in [2.45, 2.75) is 24.8 Å². The van der Waals surface area contributed by atoms with Crippen molar-refractivity contribution in [3.8, 4) is 5.75 Å². The molecule has 11 heteroatoms. The SMILES string of the molecule is O=[N+]([O-])c1cnc(N2CCC(O)(c3cccc(OC(F)(F)F)c3)CC2)c(Cl)c1. The molecule has 1 N–H and O–H groups in total. The molecule has 0 bridgehead atoms. The first kappa shape index (κ1) is 20.2. The molecule has 1 aliphatic rings. The molecule has 3 rings (SSSR count). The van der Waals surface area contributed by atoms with Gasteiger partial charge in [0, 0.05) is 19.2 Å². The summed E-state index contributed by atoms with van der Waals surface area (Å²) in [5.41, 5.74) is -1.25. The average Bonchev–Trinajstić information content (AvgIpc) is 2.61. The Morgan fingerprint density at radius 1 is 1.29 bits per heavy atom. The van der Waals surface area contributed by atoms with Crippen LogP contribution in [0.1, 0.15) is 18.4 Å².